The van der Waals surface area contributed by atoms with Crippen LogP contribution in [0.25, 0.3) is 0 Å². The summed E-state index contributed by atoms with van der Waals surface area (Å²) in [4.78, 5) is 0. The quantitative estimate of drug-likeness (QED) is 0.101. The summed E-state index contributed by atoms with van der Waals surface area (Å²) in [5.74, 6) is 1.24. The molecule has 0 saturated heterocycles. The van der Waals surface area contributed by atoms with Crippen LogP contribution < -0.4 is 12.4 Å². The van der Waals surface area contributed by atoms with Crippen LogP contribution in [0.5, 0.6) is 0 Å². The fraction of sp³-hybridized carbons (Fsp3) is 0.676. The van der Waals surface area contributed by atoms with Crippen molar-refractivity contribution in [2.75, 3.05) is 20.6 Å². The van der Waals surface area contributed by atoms with Gasteiger partial charge in [-0.05, 0) is 48.6 Å². The number of nitrogens with zero attached hydrogens (tertiary/aromatic N) is 1. The molecule has 0 aromatic heterocycles. The maximum absolute atomic E-state index is 2.41. The minimum atomic E-state index is 0. The molecule has 0 aliphatic heterocycles. The highest BCUT2D eigenvalue weighted by atomic mass is 35.5. The molecule has 0 fully saturated rings. The van der Waals surface area contributed by atoms with Gasteiger partial charge in [0.2, 0.25) is 0 Å². The summed E-state index contributed by atoms with van der Waals surface area (Å²) in [6, 6.07) is 20.6. The summed E-state index contributed by atoms with van der Waals surface area (Å²) in [6.45, 7) is 9.44. The van der Waals surface area contributed by atoms with Gasteiger partial charge in [-0.1, -0.05) is 152 Å². The van der Waals surface area contributed by atoms with Crippen molar-refractivity contribution in [2.45, 2.75) is 142 Å². The van der Waals surface area contributed by atoms with E-state index in [2.05, 4.69) is 89.5 Å². The van der Waals surface area contributed by atoms with Gasteiger partial charge in [-0.25, -0.2) is 0 Å². The van der Waals surface area contributed by atoms with Gasteiger partial charge in [0, 0.05) is 5.56 Å². The highest BCUT2D eigenvalue weighted by molar-refractivity contribution is 5.26. The molecule has 2 atom stereocenters. The third kappa shape index (κ3) is 15.9. The maximum Gasteiger partial charge on any atom is 0.104 e. The fourth-order valence-electron chi connectivity index (χ4n) is 6.09. The molecular formula is C37H62ClN. The van der Waals surface area contributed by atoms with Crippen LogP contribution >= 0.6 is 0 Å². The van der Waals surface area contributed by atoms with E-state index in [9.17, 15) is 0 Å². The van der Waals surface area contributed by atoms with Gasteiger partial charge in [-0.3, -0.25) is 0 Å². The van der Waals surface area contributed by atoms with Gasteiger partial charge in [0.05, 0.1) is 20.6 Å². The second kappa shape index (κ2) is 21.4. The van der Waals surface area contributed by atoms with Crippen LogP contribution in [0.2, 0.25) is 0 Å². The van der Waals surface area contributed by atoms with Crippen LogP contribution in [0.3, 0.4) is 0 Å². The van der Waals surface area contributed by atoms with Crippen LogP contribution in [-0.2, 0) is 6.54 Å². The molecule has 0 radical (unpaired) electrons. The minimum Gasteiger partial charge on any atom is -1.00 e. The number of hydrogen-bond acceptors (Lipinski definition) is 0. The molecule has 0 spiro atoms. The van der Waals surface area contributed by atoms with Crippen molar-refractivity contribution in [3.63, 3.8) is 0 Å². The third-order valence-corrected chi connectivity index (χ3v) is 8.68. The first-order chi connectivity index (χ1) is 18.4. The lowest BCUT2D eigenvalue weighted by Crippen LogP contribution is -3.00. The van der Waals surface area contributed by atoms with Gasteiger partial charge in [-0.15, -0.1) is 0 Å². The summed E-state index contributed by atoms with van der Waals surface area (Å²) < 4.78 is 1.10. The van der Waals surface area contributed by atoms with E-state index in [1.54, 1.807) is 0 Å². The lowest BCUT2D eigenvalue weighted by atomic mass is 9.84. The fourth-order valence-corrected chi connectivity index (χ4v) is 6.09. The average Bonchev–Trinajstić information content (AvgIpc) is 2.92. The molecule has 0 saturated carbocycles. The molecular weight excluding hydrogens is 494 g/mol. The molecule has 2 aromatic carbocycles. The third-order valence-electron chi connectivity index (χ3n) is 8.68. The zero-order valence-corrected chi connectivity index (χ0v) is 27.2. The summed E-state index contributed by atoms with van der Waals surface area (Å²) in [5.41, 5.74) is 4.45. The Labute approximate surface area is 250 Å². The van der Waals surface area contributed by atoms with E-state index < -0.39 is 0 Å². The highest BCUT2D eigenvalue weighted by Crippen LogP contribution is 2.32. The van der Waals surface area contributed by atoms with E-state index in [1.807, 2.05) is 0 Å². The standard InChI is InChI=1S/C37H62N.ClH/c1-6-8-9-10-11-12-13-14-15-16-17-18-19-23-30-38(4,5)32-34-26-28-36(29-27-34)33(3)31-35(7-2)37-24-21-20-22-25-37;/h20-22,24-29,33,35H,6-19,23,30-32H2,1-5H3;1H/q+1;/p-1. The number of hydrogen-bond donors (Lipinski definition) is 0. The normalized spacial score (nSPS) is 13.2. The second-order valence-corrected chi connectivity index (χ2v) is 12.8. The molecule has 2 unspecified atom stereocenters. The smallest absolute Gasteiger partial charge is 0.104 e. The molecule has 2 aromatic rings. The van der Waals surface area contributed by atoms with Crippen molar-refractivity contribution in [2.24, 2.45) is 0 Å². The first-order valence-electron chi connectivity index (χ1n) is 16.4. The number of benzene rings is 2. The monoisotopic (exact) mass is 555 g/mol. The van der Waals surface area contributed by atoms with Crippen molar-refractivity contribution >= 4 is 0 Å². The zero-order valence-electron chi connectivity index (χ0n) is 26.4. The number of halogens is 1. The van der Waals surface area contributed by atoms with Crippen molar-refractivity contribution in [3.8, 4) is 0 Å². The Kier molecular flexibility index (Phi) is 19.6. The van der Waals surface area contributed by atoms with Gasteiger partial charge >= 0.3 is 0 Å². The lowest BCUT2D eigenvalue weighted by molar-refractivity contribution is -0.903. The van der Waals surface area contributed by atoms with Crippen molar-refractivity contribution in [1.82, 2.24) is 0 Å². The van der Waals surface area contributed by atoms with E-state index in [0.717, 1.165) is 11.0 Å². The molecule has 39 heavy (non-hydrogen) atoms. The van der Waals surface area contributed by atoms with Gasteiger partial charge in [-0.2, -0.15) is 0 Å². The van der Waals surface area contributed by atoms with Crippen LogP contribution in [0.15, 0.2) is 54.6 Å². The van der Waals surface area contributed by atoms with Crippen molar-refractivity contribution < 1.29 is 16.9 Å². The van der Waals surface area contributed by atoms with Gasteiger partial charge in [0.25, 0.3) is 0 Å². The summed E-state index contributed by atoms with van der Waals surface area (Å²) >= 11 is 0. The van der Waals surface area contributed by atoms with Crippen LogP contribution in [0.1, 0.15) is 152 Å². The Morgan fingerprint density at radius 1 is 0.590 bits per heavy atom. The molecule has 0 aliphatic rings. The van der Waals surface area contributed by atoms with E-state index in [-0.39, 0.29) is 12.4 Å². The van der Waals surface area contributed by atoms with Crippen molar-refractivity contribution in [1.29, 1.82) is 0 Å². The largest absolute Gasteiger partial charge is 1.00 e. The predicted molar refractivity (Wildman–Crippen MR) is 170 cm³/mol. The van der Waals surface area contributed by atoms with E-state index >= 15 is 0 Å². The molecule has 0 aliphatic carbocycles. The van der Waals surface area contributed by atoms with E-state index in [4.69, 9.17) is 0 Å². The van der Waals surface area contributed by atoms with E-state index in [0.29, 0.717) is 11.8 Å². The number of quaternary nitrogens is 1. The maximum atomic E-state index is 2.41. The molecule has 222 valence electrons. The SMILES string of the molecule is CCCCCCCCCCCCCCCC[N+](C)(C)Cc1ccc(C(C)CC(CC)c2ccccc2)cc1.[Cl-]. The zero-order chi connectivity index (χ0) is 27.5. The predicted octanol–water partition coefficient (Wildman–Crippen LogP) is 8.44. The Bertz CT molecular complexity index is 813. The number of rotatable bonds is 22. The Hall–Kier alpha value is -1.31. The summed E-state index contributed by atoms with van der Waals surface area (Å²) in [7, 11) is 4.81. The molecule has 0 bridgehead atoms. The van der Waals surface area contributed by atoms with Gasteiger partial charge in [0.1, 0.15) is 6.54 Å². The summed E-state index contributed by atoms with van der Waals surface area (Å²) in [5, 5.41) is 0. The first kappa shape index (κ1) is 35.7. The van der Waals surface area contributed by atoms with Crippen LogP contribution in [0.4, 0.5) is 0 Å². The molecule has 2 rings (SSSR count). The Morgan fingerprint density at radius 3 is 1.56 bits per heavy atom. The Balaban J connectivity index is 0.00000760. The Morgan fingerprint density at radius 2 is 1.08 bits per heavy atom. The lowest BCUT2D eigenvalue weighted by Gasteiger charge is -2.30. The molecule has 0 heterocycles. The second-order valence-electron chi connectivity index (χ2n) is 12.8. The average molecular weight is 556 g/mol. The molecule has 2 heteroatoms. The van der Waals surface area contributed by atoms with Crippen LogP contribution in [0, 0.1) is 0 Å². The first-order valence-corrected chi connectivity index (χ1v) is 16.4. The van der Waals surface area contributed by atoms with Gasteiger partial charge < -0.3 is 16.9 Å². The molecule has 0 N–H and O–H groups in total. The summed E-state index contributed by atoms with van der Waals surface area (Å²) in [6.07, 6.45) is 22.5. The molecule has 0 amide bonds. The molecule has 1 nitrogen and oxygen atoms in total. The van der Waals surface area contributed by atoms with Gasteiger partial charge in [0.15, 0.2) is 0 Å². The number of unbranched alkanes of at least 4 members (excludes halogenated alkanes) is 13. The topological polar surface area (TPSA) is 0 Å². The highest BCUT2D eigenvalue weighted by Gasteiger charge is 2.17. The van der Waals surface area contributed by atoms with Crippen molar-refractivity contribution in [3.05, 3.63) is 71.3 Å². The van der Waals surface area contributed by atoms with Crippen LogP contribution in [-0.4, -0.2) is 25.1 Å². The van der Waals surface area contributed by atoms with E-state index in [1.165, 1.54) is 126 Å². The minimum absolute atomic E-state index is 0.